The highest BCUT2D eigenvalue weighted by Crippen LogP contribution is 2.32. The Morgan fingerprint density at radius 2 is 1.67 bits per heavy atom. The van der Waals surface area contributed by atoms with Crippen molar-refractivity contribution in [2.75, 3.05) is 0 Å². The maximum absolute atomic E-state index is 13.8. The van der Waals surface area contributed by atoms with Gasteiger partial charge in [0, 0.05) is 18.3 Å². The molecule has 3 aromatic rings. The number of hydrogen-bond acceptors (Lipinski definition) is 3. The van der Waals surface area contributed by atoms with Crippen LogP contribution in [0.1, 0.15) is 37.0 Å². The lowest BCUT2D eigenvalue weighted by Crippen LogP contribution is -2.65. The zero-order chi connectivity index (χ0) is 22.9. The van der Waals surface area contributed by atoms with Gasteiger partial charge in [-0.3, -0.25) is 9.59 Å². The summed E-state index contributed by atoms with van der Waals surface area (Å²) < 4.78 is 1.81. The molecule has 2 amide bonds. The quantitative estimate of drug-likeness (QED) is 0.635. The summed E-state index contributed by atoms with van der Waals surface area (Å²) in [5, 5.41) is 7.58. The Morgan fingerprint density at radius 1 is 1.00 bits per heavy atom. The van der Waals surface area contributed by atoms with Gasteiger partial charge in [-0.15, -0.1) is 0 Å². The summed E-state index contributed by atoms with van der Waals surface area (Å²) in [6.45, 7) is 4.55. The summed E-state index contributed by atoms with van der Waals surface area (Å²) in [7, 11) is 0. The van der Waals surface area contributed by atoms with Crippen molar-refractivity contribution >= 4 is 11.8 Å². The number of fused-ring (bicyclic) bond motifs is 1. The number of aromatic nitrogens is 2. The maximum Gasteiger partial charge on any atom is 0.246 e. The van der Waals surface area contributed by atoms with Crippen LogP contribution in [-0.4, -0.2) is 38.6 Å². The molecule has 5 rings (SSSR count). The van der Waals surface area contributed by atoms with E-state index in [-0.39, 0.29) is 17.7 Å². The minimum atomic E-state index is -0.488. The van der Waals surface area contributed by atoms with Crippen LogP contribution < -0.4 is 5.32 Å². The van der Waals surface area contributed by atoms with Crippen molar-refractivity contribution < 1.29 is 9.59 Å². The molecule has 0 unspecified atom stereocenters. The Morgan fingerprint density at radius 3 is 2.33 bits per heavy atom. The molecule has 1 fully saturated rings. The molecule has 1 aliphatic heterocycles. The van der Waals surface area contributed by atoms with Crippen molar-refractivity contribution in [3.63, 3.8) is 0 Å². The molecule has 2 atom stereocenters. The highest BCUT2D eigenvalue weighted by Gasteiger charge is 2.45. The van der Waals surface area contributed by atoms with E-state index in [0.717, 1.165) is 24.1 Å². The van der Waals surface area contributed by atoms with Gasteiger partial charge in [0.05, 0.1) is 11.9 Å². The monoisotopic (exact) mass is 442 g/mol. The average molecular weight is 443 g/mol. The second-order valence-electron chi connectivity index (χ2n) is 9.66. The molecular weight excluding hydrogens is 412 g/mol. The lowest BCUT2D eigenvalue weighted by molar-refractivity contribution is -0.152. The van der Waals surface area contributed by atoms with Crippen LogP contribution in [0.2, 0.25) is 0 Å². The first-order chi connectivity index (χ1) is 16.0. The first-order valence-electron chi connectivity index (χ1n) is 11.8. The Kier molecular flexibility index (Phi) is 5.75. The summed E-state index contributed by atoms with van der Waals surface area (Å²) in [6.07, 6.45) is 6.02. The standard InChI is InChI=1S/C27H30N4O2/c1-18(2)12-24-26(32)29-25(22-13-20-8-6-7-9-21(20)14-22)27(33)30(24)16-19-15-28-31(17-19)23-10-4-3-5-11-23/h3-11,15,17-18,22,24-25H,12-14,16H2,1-2H3,(H,29,32)/t24-,25-/m1/s1. The van der Waals surface area contributed by atoms with Crippen LogP contribution in [0.3, 0.4) is 0 Å². The lowest BCUT2D eigenvalue weighted by Gasteiger charge is -2.41. The summed E-state index contributed by atoms with van der Waals surface area (Å²) >= 11 is 0. The fraction of sp³-hybridized carbons (Fsp3) is 0.370. The number of rotatable bonds is 6. The van der Waals surface area contributed by atoms with Crippen molar-refractivity contribution in [2.45, 2.75) is 51.7 Å². The Bertz CT molecular complexity index is 1130. The van der Waals surface area contributed by atoms with Crippen LogP contribution in [0, 0.1) is 11.8 Å². The third kappa shape index (κ3) is 4.30. The van der Waals surface area contributed by atoms with E-state index in [0.29, 0.717) is 18.9 Å². The fourth-order valence-corrected chi connectivity index (χ4v) is 5.16. The second kappa shape index (κ2) is 8.85. The van der Waals surface area contributed by atoms with Crippen LogP contribution in [0.15, 0.2) is 67.0 Å². The Balaban J connectivity index is 1.39. The van der Waals surface area contributed by atoms with Crippen molar-refractivity contribution in [3.8, 4) is 5.69 Å². The number of amides is 2. The number of para-hydroxylation sites is 1. The van der Waals surface area contributed by atoms with Gasteiger partial charge in [0.2, 0.25) is 11.8 Å². The molecular formula is C27H30N4O2. The molecule has 2 aliphatic rings. The van der Waals surface area contributed by atoms with Gasteiger partial charge in [-0.25, -0.2) is 4.68 Å². The molecule has 0 spiro atoms. The number of nitrogens with zero attached hydrogens (tertiary/aromatic N) is 3. The molecule has 1 aromatic heterocycles. The van der Waals surface area contributed by atoms with Crippen molar-refractivity contribution in [1.29, 1.82) is 0 Å². The van der Waals surface area contributed by atoms with E-state index in [2.05, 4.69) is 36.4 Å². The van der Waals surface area contributed by atoms with E-state index >= 15 is 0 Å². The molecule has 33 heavy (non-hydrogen) atoms. The summed E-state index contributed by atoms with van der Waals surface area (Å²) in [4.78, 5) is 28.8. The Hall–Kier alpha value is -3.41. The van der Waals surface area contributed by atoms with E-state index in [1.54, 1.807) is 11.1 Å². The number of piperazine rings is 1. The number of hydrogen-bond donors (Lipinski definition) is 1. The molecule has 2 heterocycles. The van der Waals surface area contributed by atoms with Gasteiger partial charge in [0.1, 0.15) is 12.1 Å². The van der Waals surface area contributed by atoms with Gasteiger partial charge < -0.3 is 10.2 Å². The van der Waals surface area contributed by atoms with Crippen LogP contribution in [0.25, 0.3) is 5.69 Å². The number of benzene rings is 2. The molecule has 0 saturated carbocycles. The van der Waals surface area contributed by atoms with Gasteiger partial charge in [-0.2, -0.15) is 5.10 Å². The first-order valence-corrected chi connectivity index (χ1v) is 11.8. The molecule has 0 bridgehead atoms. The molecule has 1 saturated heterocycles. The molecule has 170 valence electrons. The van der Waals surface area contributed by atoms with Crippen LogP contribution in [0.4, 0.5) is 0 Å². The van der Waals surface area contributed by atoms with Crippen molar-refractivity contribution in [3.05, 3.63) is 83.7 Å². The predicted molar refractivity (Wildman–Crippen MR) is 127 cm³/mol. The highest BCUT2D eigenvalue weighted by atomic mass is 16.2. The topological polar surface area (TPSA) is 67.2 Å². The third-order valence-electron chi connectivity index (χ3n) is 6.78. The zero-order valence-electron chi connectivity index (χ0n) is 19.1. The van der Waals surface area contributed by atoms with Crippen LogP contribution in [-0.2, 0) is 29.0 Å². The normalized spacial score (nSPS) is 20.9. The molecule has 1 N–H and O–H groups in total. The van der Waals surface area contributed by atoms with Gasteiger partial charge in [-0.05, 0) is 54.4 Å². The van der Waals surface area contributed by atoms with E-state index in [1.807, 2.05) is 53.3 Å². The fourth-order valence-electron chi connectivity index (χ4n) is 5.16. The second-order valence-corrected chi connectivity index (χ2v) is 9.66. The molecule has 6 nitrogen and oxygen atoms in total. The minimum absolute atomic E-state index is 0.0190. The number of carbonyl (C=O) groups is 2. The summed E-state index contributed by atoms with van der Waals surface area (Å²) in [5.74, 6) is 0.369. The van der Waals surface area contributed by atoms with Crippen molar-refractivity contribution in [2.24, 2.45) is 11.8 Å². The molecule has 0 radical (unpaired) electrons. The zero-order valence-corrected chi connectivity index (χ0v) is 19.1. The molecule has 6 heteroatoms. The van der Waals surface area contributed by atoms with Crippen LogP contribution >= 0.6 is 0 Å². The van der Waals surface area contributed by atoms with E-state index in [1.165, 1.54) is 11.1 Å². The summed E-state index contributed by atoms with van der Waals surface area (Å²) in [6, 6.07) is 17.3. The van der Waals surface area contributed by atoms with Crippen molar-refractivity contribution in [1.82, 2.24) is 20.0 Å². The highest BCUT2D eigenvalue weighted by molar-refractivity contribution is 5.97. The largest absolute Gasteiger partial charge is 0.342 e. The first kappa shape index (κ1) is 21.4. The SMILES string of the molecule is CC(C)C[C@@H]1C(=O)N[C@H](C2Cc3ccccc3C2)C(=O)N1Cc1cnn(-c2ccccc2)c1. The minimum Gasteiger partial charge on any atom is -0.342 e. The van der Waals surface area contributed by atoms with Gasteiger partial charge in [0.15, 0.2) is 0 Å². The lowest BCUT2D eigenvalue weighted by atomic mass is 9.90. The van der Waals surface area contributed by atoms with E-state index < -0.39 is 12.1 Å². The average Bonchev–Trinajstić information content (AvgIpc) is 3.46. The van der Waals surface area contributed by atoms with E-state index in [4.69, 9.17) is 0 Å². The Labute approximate surface area is 194 Å². The van der Waals surface area contributed by atoms with Gasteiger partial charge in [-0.1, -0.05) is 56.3 Å². The number of nitrogens with one attached hydrogen (secondary N) is 1. The smallest absolute Gasteiger partial charge is 0.246 e. The van der Waals surface area contributed by atoms with Gasteiger partial charge >= 0.3 is 0 Å². The predicted octanol–water partition coefficient (Wildman–Crippen LogP) is 3.53. The molecule has 1 aliphatic carbocycles. The van der Waals surface area contributed by atoms with E-state index in [9.17, 15) is 9.59 Å². The molecule has 2 aromatic carbocycles. The summed E-state index contributed by atoms with van der Waals surface area (Å²) in [5.41, 5.74) is 4.45. The number of carbonyl (C=O) groups excluding carboxylic acids is 2. The van der Waals surface area contributed by atoms with Crippen LogP contribution in [0.5, 0.6) is 0 Å². The van der Waals surface area contributed by atoms with Gasteiger partial charge in [0.25, 0.3) is 0 Å². The maximum atomic E-state index is 13.8. The third-order valence-corrected chi connectivity index (χ3v) is 6.78.